The van der Waals surface area contributed by atoms with Crippen molar-refractivity contribution < 1.29 is 28.6 Å². The van der Waals surface area contributed by atoms with Gasteiger partial charge in [0, 0.05) is 13.1 Å². The number of piperidine rings is 1. The van der Waals surface area contributed by atoms with E-state index in [1.165, 1.54) is 11.0 Å². The van der Waals surface area contributed by atoms with Gasteiger partial charge in [-0.2, -0.15) is 0 Å². The smallest absolute Gasteiger partial charge is 0.410 e. The molecule has 0 bridgehead atoms. The molecule has 0 aliphatic carbocycles. The molecule has 7 heteroatoms. The van der Waals surface area contributed by atoms with Crippen LogP contribution < -0.4 is 0 Å². The Bertz CT molecular complexity index is 674. The topological polar surface area (TPSA) is 82.1 Å². The molecule has 0 spiro atoms. The van der Waals surface area contributed by atoms with Crippen LogP contribution in [0.4, 0.5) is 4.79 Å². The first-order chi connectivity index (χ1) is 12.9. The highest BCUT2D eigenvalue weighted by atomic mass is 16.6. The van der Waals surface area contributed by atoms with Crippen molar-refractivity contribution >= 4 is 18.0 Å². The highest BCUT2D eigenvalue weighted by Crippen LogP contribution is 2.31. The monoisotopic (exact) mass is 375 g/mol. The molecule has 1 aromatic rings. The first kappa shape index (κ1) is 20.6. The van der Waals surface area contributed by atoms with Crippen LogP contribution in [-0.4, -0.2) is 49.2 Å². The van der Waals surface area contributed by atoms with Gasteiger partial charge in [0.15, 0.2) is 0 Å². The fourth-order valence-corrected chi connectivity index (χ4v) is 2.85. The normalized spacial score (nSPS) is 19.2. The Morgan fingerprint density at radius 3 is 2.70 bits per heavy atom. The number of hydrogen-bond acceptors (Lipinski definition) is 6. The van der Waals surface area contributed by atoms with Gasteiger partial charge in [-0.15, -0.1) is 6.58 Å². The molecule has 0 saturated carbocycles. The van der Waals surface area contributed by atoms with Crippen LogP contribution in [-0.2, 0) is 30.4 Å². The summed E-state index contributed by atoms with van der Waals surface area (Å²) >= 11 is 0. The van der Waals surface area contributed by atoms with E-state index in [0.29, 0.717) is 19.4 Å². The average molecular weight is 375 g/mol. The third-order valence-corrected chi connectivity index (χ3v) is 4.31. The Balaban J connectivity index is 1.86. The van der Waals surface area contributed by atoms with Gasteiger partial charge in [0.25, 0.3) is 0 Å². The summed E-state index contributed by atoms with van der Waals surface area (Å²) in [5.41, 5.74) is -0.0758. The molecule has 0 N–H and O–H groups in total. The molecule has 1 aliphatic rings. The molecule has 27 heavy (non-hydrogen) atoms. The van der Waals surface area contributed by atoms with Crippen molar-refractivity contribution in [1.82, 2.24) is 4.90 Å². The molecule has 1 saturated heterocycles. The second-order valence-electron chi connectivity index (χ2n) is 6.69. The maximum atomic E-state index is 12.4. The highest BCUT2D eigenvalue weighted by molar-refractivity contribution is 5.89. The quantitative estimate of drug-likeness (QED) is 0.315. The molecule has 1 aromatic carbocycles. The van der Waals surface area contributed by atoms with E-state index in [9.17, 15) is 14.4 Å². The summed E-state index contributed by atoms with van der Waals surface area (Å²) in [4.78, 5) is 37.9. The molecule has 2 rings (SSSR count). The van der Waals surface area contributed by atoms with Gasteiger partial charge < -0.3 is 19.1 Å². The fourth-order valence-electron chi connectivity index (χ4n) is 2.85. The third-order valence-electron chi connectivity index (χ3n) is 4.31. The minimum atomic E-state index is -0.960. The van der Waals surface area contributed by atoms with E-state index in [-0.39, 0.29) is 26.4 Å². The summed E-state index contributed by atoms with van der Waals surface area (Å²) in [7, 11) is 0. The van der Waals surface area contributed by atoms with Crippen molar-refractivity contribution in [2.24, 2.45) is 5.41 Å². The molecule has 1 amide bonds. The molecule has 1 heterocycles. The third kappa shape index (κ3) is 6.21. The van der Waals surface area contributed by atoms with Crippen molar-refractivity contribution in [2.45, 2.75) is 26.4 Å². The van der Waals surface area contributed by atoms with Gasteiger partial charge in [0.1, 0.15) is 13.2 Å². The predicted molar refractivity (Wildman–Crippen MR) is 97.7 cm³/mol. The number of nitrogens with zero attached hydrogens (tertiary/aromatic N) is 1. The van der Waals surface area contributed by atoms with Gasteiger partial charge in [-0.3, -0.25) is 4.79 Å². The SMILES string of the molecule is C=CCOCC(=O)OC(=O)C1(C)CCCN(C(=O)OCc2ccccc2)C1. The Kier molecular flexibility index (Phi) is 7.55. The molecule has 1 atom stereocenters. The first-order valence-electron chi connectivity index (χ1n) is 8.84. The van der Waals surface area contributed by atoms with Gasteiger partial charge >= 0.3 is 18.0 Å². The molecule has 1 unspecified atom stereocenters. The van der Waals surface area contributed by atoms with E-state index < -0.39 is 23.4 Å². The maximum absolute atomic E-state index is 12.4. The Hall–Kier alpha value is -2.67. The Morgan fingerprint density at radius 2 is 2.00 bits per heavy atom. The van der Waals surface area contributed by atoms with E-state index in [2.05, 4.69) is 6.58 Å². The van der Waals surface area contributed by atoms with E-state index in [1.807, 2.05) is 30.3 Å². The average Bonchev–Trinajstić information content (AvgIpc) is 2.67. The lowest BCUT2D eigenvalue weighted by Crippen LogP contribution is -2.49. The van der Waals surface area contributed by atoms with E-state index >= 15 is 0 Å². The minimum absolute atomic E-state index is 0.139. The summed E-state index contributed by atoms with van der Waals surface area (Å²) in [6.45, 7) is 5.82. The predicted octanol–water partition coefficient (Wildman–Crippen LogP) is 2.70. The standard InChI is InChI=1S/C20H25NO6/c1-3-12-25-14-17(22)27-18(23)20(2)10-7-11-21(15-20)19(24)26-13-16-8-5-4-6-9-16/h3-6,8-9H,1,7,10-15H2,2H3. The van der Waals surface area contributed by atoms with Gasteiger partial charge in [-0.05, 0) is 25.3 Å². The van der Waals surface area contributed by atoms with Crippen molar-refractivity contribution in [1.29, 1.82) is 0 Å². The number of amides is 1. The van der Waals surface area contributed by atoms with Crippen molar-refractivity contribution in [3.63, 3.8) is 0 Å². The minimum Gasteiger partial charge on any atom is -0.445 e. The summed E-state index contributed by atoms with van der Waals surface area (Å²) in [6.07, 6.45) is 2.15. The summed E-state index contributed by atoms with van der Waals surface area (Å²) in [5, 5.41) is 0. The lowest BCUT2D eigenvalue weighted by atomic mass is 9.82. The van der Waals surface area contributed by atoms with E-state index in [4.69, 9.17) is 14.2 Å². The molecule has 1 fully saturated rings. The second kappa shape index (κ2) is 9.87. The number of benzene rings is 1. The largest absolute Gasteiger partial charge is 0.445 e. The van der Waals surface area contributed by atoms with Crippen LogP contribution in [0.2, 0.25) is 0 Å². The second-order valence-corrected chi connectivity index (χ2v) is 6.69. The number of likely N-dealkylation sites (tertiary alicyclic amines) is 1. The lowest BCUT2D eigenvalue weighted by Gasteiger charge is -2.37. The zero-order valence-corrected chi connectivity index (χ0v) is 15.5. The van der Waals surface area contributed by atoms with Crippen molar-refractivity contribution in [3.8, 4) is 0 Å². The number of esters is 2. The zero-order chi connectivity index (χ0) is 19.7. The number of hydrogen-bond donors (Lipinski definition) is 0. The van der Waals surface area contributed by atoms with Crippen molar-refractivity contribution in [3.05, 3.63) is 48.6 Å². The lowest BCUT2D eigenvalue weighted by molar-refractivity contribution is -0.171. The number of rotatable bonds is 7. The number of ether oxygens (including phenoxy) is 3. The first-order valence-corrected chi connectivity index (χ1v) is 8.84. The fraction of sp³-hybridized carbons (Fsp3) is 0.450. The van der Waals surface area contributed by atoms with Gasteiger partial charge in [0.05, 0.1) is 12.0 Å². The summed E-state index contributed by atoms with van der Waals surface area (Å²) in [6, 6.07) is 9.35. The molecule has 7 nitrogen and oxygen atoms in total. The van der Waals surface area contributed by atoms with Crippen LogP contribution in [0.25, 0.3) is 0 Å². The molecule has 146 valence electrons. The molecule has 0 radical (unpaired) electrons. The van der Waals surface area contributed by atoms with Crippen LogP contribution in [0.3, 0.4) is 0 Å². The summed E-state index contributed by atoms with van der Waals surface area (Å²) in [5.74, 6) is -1.41. The Morgan fingerprint density at radius 1 is 1.26 bits per heavy atom. The van der Waals surface area contributed by atoms with Crippen LogP contribution >= 0.6 is 0 Å². The van der Waals surface area contributed by atoms with Crippen LogP contribution in [0.1, 0.15) is 25.3 Å². The zero-order valence-electron chi connectivity index (χ0n) is 15.5. The van der Waals surface area contributed by atoms with Crippen molar-refractivity contribution in [2.75, 3.05) is 26.3 Å². The molecular weight excluding hydrogens is 350 g/mol. The molecule has 0 aromatic heterocycles. The number of carbonyl (C=O) groups excluding carboxylic acids is 3. The molecule has 1 aliphatic heterocycles. The van der Waals surface area contributed by atoms with Crippen LogP contribution in [0, 0.1) is 5.41 Å². The van der Waals surface area contributed by atoms with Crippen LogP contribution in [0.15, 0.2) is 43.0 Å². The van der Waals surface area contributed by atoms with Gasteiger partial charge in [-0.25, -0.2) is 9.59 Å². The van der Waals surface area contributed by atoms with Crippen LogP contribution in [0.5, 0.6) is 0 Å². The van der Waals surface area contributed by atoms with E-state index in [0.717, 1.165) is 5.56 Å². The summed E-state index contributed by atoms with van der Waals surface area (Å²) < 4.78 is 15.2. The van der Waals surface area contributed by atoms with Gasteiger partial charge in [-0.1, -0.05) is 36.4 Å². The maximum Gasteiger partial charge on any atom is 0.410 e. The van der Waals surface area contributed by atoms with Gasteiger partial charge in [0.2, 0.25) is 0 Å². The molecular formula is C20H25NO6. The Labute approximate surface area is 158 Å². The van der Waals surface area contributed by atoms with E-state index in [1.54, 1.807) is 6.92 Å². The number of carbonyl (C=O) groups is 3. The highest BCUT2D eigenvalue weighted by Gasteiger charge is 2.42.